The molecule has 0 spiro atoms. The van der Waals surface area contributed by atoms with Crippen LogP contribution in [0.4, 0.5) is 0 Å². The summed E-state index contributed by atoms with van der Waals surface area (Å²) in [6, 6.07) is 0.619. The van der Waals surface area contributed by atoms with Gasteiger partial charge in [-0.25, -0.2) is 0 Å². The first-order chi connectivity index (χ1) is 10.0. The average Bonchev–Trinajstić information content (AvgIpc) is 2.85. The molecule has 3 nitrogen and oxygen atoms in total. The maximum absolute atomic E-state index is 5.76. The van der Waals surface area contributed by atoms with Crippen molar-refractivity contribution < 1.29 is 4.74 Å². The van der Waals surface area contributed by atoms with Gasteiger partial charge in [-0.1, -0.05) is 33.1 Å². The molecule has 1 saturated carbocycles. The van der Waals surface area contributed by atoms with E-state index in [-0.39, 0.29) is 0 Å². The summed E-state index contributed by atoms with van der Waals surface area (Å²) in [6.45, 7) is 11.3. The maximum Gasteiger partial charge on any atom is 0.0702 e. The fourth-order valence-corrected chi connectivity index (χ4v) is 4.26. The van der Waals surface area contributed by atoms with Gasteiger partial charge in [0.05, 0.1) is 6.10 Å². The molecule has 2 aliphatic rings. The number of likely N-dealkylation sites (N-methyl/N-ethyl adjacent to an activating group) is 1. The number of nitrogens with one attached hydrogen (secondary N) is 1. The zero-order chi connectivity index (χ0) is 15.3. The highest BCUT2D eigenvalue weighted by Gasteiger charge is 2.36. The van der Waals surface area contributed by atoms with Gasteiger partial charge in [-0.15, -0.1) is 0 Å². The largest absolute Gasteiger partial charge is 0.377 e. The smallest absolute Gasteiger partial charge is 0.0702 e. The zero-order valence-electron chi connectivity index (χ0n) is 14.7. The van der Waals surface area contributed by atoms with E-state index in [4.69, 9.17) is 4.74 Å². The van der Waals surface area contributed by atoms with Crippen molar-refractivity contribution in [3.63, 3.8) is 0 Å². The van der Waals surface area contributed by atoms with Crippen LogP contribution in [0, 0.1) is 11.3 Å². The molecule has 2 rings (SSSR count). The van der Waals surface area contributed by atoms with E-state index in [0.717, 1.165) is 19.1 Å². The van der Waals surface area contributed by atoms with Crippen LogP contribution in [0.25, 0.3) is 0 Å². The van der Waals surface area contributed by atoms with Crippen LogP contribution in [0.15, 0.2) is 0 Å². The molecule has 1 aliphatic heterocycles. The number of hydrogen-bond acceptors (Lipinski definition) is 3. The summed E-state index contributed by atoms with van der Waals surface area (Å²) in [5, 5.41) is 3.74. The molecule has 2 fully saturated rings. The van der Waals surface area contributed by atoms with Crippen molar-refractivity contribution in [2.45, 2.75) is 71.4 Å². The van der Waals surface area contributed by atoms with E-state index in [9.17, 15) is 0 Å². The van der Waals surface area contributed by atoms with Crippen molar-refractivity contribution in [2.75, 3.05) is 33.3 Å². The van der Waals surface area contributed by atoms with Gasteiger partial charge in [0.25, 0.3) is 0 Å². The number of nitrogens with zero attached hydrogens (tertiary/aromatic N) is 1. The highest BCUT2D eigenvalue weighted by molar-refractivity contribution is 4.91. The first-order valence-electron chi connectivity index (χ1n) is 9.05. The first-order valence-corrected chi connectivity index (χ1v) is 9.05. The van der Waals surface area contributed by atoms with E-state index in [1.54, 1.807) is 0 Å². The predicted molar refractivity (Wildman–Crippen MR) is 89.7 cm³/mol. The quantitative estimate of drug-likeness (QED) is 0.780. The second kappa shape index (κ2) is 7.94. The second-order valence-electron chi connectivity index (χ2n) is 7.93. The number of rotatable bonds is 7. The maximum atomic E-state index is 5.76. The lowest BCUT2D eigenvalue weighted by Gasteiger charge is -2.42. The molecule has 0 amide bonds. The Balaban J connectivity index is 1.91. The van der Waals surface area contributed by atoms with Crippen molar-refractivity contribution in [3.8, 4) is 0 Å². The second-order valence-corrected chi connectivity index (χ2v) is 7.93. The van der Waals surface area contributed by atoms with Gasteiger partial charge in [0.1, 0.15) is 0 Å². The molecule has 1 aliphatic carbocycles. The Kier molecular flexibility index (Phi) is 6.51. The lowest BCUT2D eigenvalue weighted by atomic mass is 9.73. The Bertz CT molecular complexity index is 300. The number of ether oxygens (including phenoxy) is 1. The van der Waals surface area contributed by atoms with Crippen LogP contribution < -0.4 is 5.32 Å². The normalized spacial score (nSPS) is 29.4. The van der Waals surface area contributed by atoms with Crippen LogP contribution in [0.3, 0.4) is 0 Å². The molecule has 1 saturated heterocycles. The van der Waals surface area contributed by atoms with E-state index in [0.29, 0.717) is 17.6 Å². The Morgan fingerprint density at radius 3 is 2.52 bits per heavy atom. The first kappa shape index (κ1) is 17.2. The summed E-state index contributed by atoms with van der Waals surface area (Å²) in [5.41, 5.74) is 0.490. The SMILES string of the molecule is CC(C)CNCC1(CN(C)C2CCOC2C)CCCCC1. The van der Waals surface area contributed by atoms with Gasteiger partial charge in [0, 0.05) is 25.7 Å². The molecule has 0 aromatic carbocycles. The summed E-state index contributed by atoms with van der Waals surface area (Å²) in [4.78, 5) is 2.60. The van der Waals surface area contributed by atoms with Crippen LogP contribution in [0.5, 0.6) is 0 Å². The lowest BCUT2D eigenvalue weighted by Crippen LogP contribution is -2.49. The van der Waals surface area contributed by atoms with Gasteiger partial charge < -0.3 is 15.0 Å². The third kappa shape index (κ3) is 4.94. The van der Waals surface area contributed by atoms with Gasteiger partial charge in [0.15, 0.2) is 0 Å². The van der Waals surface area contributed by atoms with Crippen LogP contribution >= 0.6 is 0 Å². The molecule has 0 aromatic rings. The minimum atomic E-state index is 0.402. The molecule has 21 heavy (non-hydrogen) atoms. The molecule has 124 valence electrons. The molecule has 2 atom stereocenters. The molecule has 1 N–H and O–H groups in total. The van der Waals surface area contributed by atoms with Crippen molar-refractivity contribution in [1.29, 1.82) is 0 Å². The van der Waals surface area contributed by atoms with Crippen LogP contribution in [-0.2, 0) is 4.74 Å². The Morgan fingerprint density at radius 2 is 1.95 bits per heavy atom. The zero-order valence-corrected chi connectivity index (χ0v) is 14.7. The van der Waals surface area contributed by atoms with E-state index < -0.39 is 0 Å². The molecule has 0 aromatic heterocycles. The fourth-order valence-electron chi connectivity index (χ4n) is 4.26. The molecule has 1 heterocycles. The van der Waals surface area contributed by atoms with Crippen molar-refractivity contribution in [1.82, 2.24) is 10.2 Å². The van der Waals surface area contributed by atoms with Crippen molar-refractivity contribution >= 4 is 0 Å². The van der Waals surface area contributed by atoms with E-state index in [2.05, 4.69) is 38.0 Å². The van der Waals surface area contributed by atoms with E-state index in [1.807, 2.05) is 0 Å². The molecule has 0 bridgehead atoms. The summed E-state index contributed by atoms with van der Waals surface area (Å²) in [6.07, 6.45) is 8.64. The molecule has 0 radical (unpaired) electrons. The summed E-state index contributed by atoms with van der Waals surface area (Å²) >= 11 is 0. The van der Waals surface area contributed by atoms with Crippen LogP contribution in [0.1, 0.15) is 59.3 Å². The van der Waals surface area contributed by atoms with Gasteiger partial charge in [-0.2, -0.15) is 0 Å². The van der Waals surface area contributed by atoms with E-state index in [1.165, 1.54) is 51.6 Å². The molecule has 3 heteroatoms. The highest BCUT2D eigenvalue weighted by Crippen LogP contribution is 2.37. The molecular formula is C18H36N2O. The van der Waals surface area contributed by atoms with Gasteiger partial charge in [0.2, 0.25) is 0 Å². The van der Waals surface area contributed by atoms with E-state index >= 15 is 0 Å². The molecule has 2 unspecified atom stereocenters. The van der Waals surface area contributed by atoms with Gasteiger partial charge in [-0.3, -0.25) is 0 Å². The summed E-state index contributed by atoms with van der Waals surface area (Å²) < 4.78 is 5.76. The highest BCUT2D eigenvalue weighted by atomic mass is 16.5. The van der Waals surface area contributed by atoms with Crippen LogP contribution in [-0.4, -0.2) is 50.3 Å². The minimum absolute atomic E-state index is 0.402. The fraction of sp³-hybridized carbons (Fsp3) is 1.00. The third-order valence-electron chi connectivity index (χ3n) is 5.45. The van der Waals surface area contributed by atoms with Gasteiger partial charge in [-0.05, 0) is 51.1 Å². The minimum Gasteiger partial charge on any atom is -0.377 e. The summed E-state index contributed by atoms with van der Waals surface area (Å²) in [5.74, 6) is 0.742. The third-order valence-corrected chi connectivity index (χ3v) is 5.45. The lowest BCUT2D eigenvalue weighted by molar-refractivity contribution is 0.0500. The Morgan fingerprint density at radius 1 is 1.24 bits per heavy atom. The van der Waals surface area contributed by atoms with Crippen molar-refractivity contribution in [2.24, 2.45) is 11.3 Å². The predicted octanol–water partition coefficient (Wildman–Crippen LogP) is 3.29. The van der Waals surface area contributed by atoms with Crippen LogP contribution in [0.2, 0.25) is 0 Å². The summed E-state index contributed by atoms with van der Waals surface area (Å²) in [7, 11) is 2.31. The van der Waals surface area contributed by atoms with Gasteiger partial charge >= 0.3 is 0 Å². The number of hydrogen-bond donors (Lipinski definition) is 1. The average molecular weight is 296 g/mol. The standard InChI is InChI=1S/C18H36N2O/c1-15(2)12-19-13-18(9-6-5-7-10-18)14-20(4)17-8-11-21-16(17)3/h15-17,19H,5-14H2,1-4H3. The Labute approximate surface area is 131 Å². The topological polar surface area (TPSA) is 24.5 Å². The van der Waals surface area contributed by atoms with Crippen molar-refractivity contribution in [3.05, 3.63) is 0 Å². The Hall–Kier alpha value is -0.120. The monoisotopic (exact) mass is 296 g/mol. The molecular weight excluding hydrogens is 260 g/mol.